The molecule has 0 spiro atoms. The first-order chi connectivity index (χ1) is 9.31. The maximum absolute atomic E-state index is 5.68. The first-order valence-corrected chi connectivity index (χ1v) is 8.63. The molecular formula is C17H38BrNO. The fourth-order valence-electron chi connectivity index (χ4n) is 2.37. The van der Waals surface area contributed by atoms with Crippen LogP contribution in [0, 0.1) is 0 Å². The lowest BCUT2D eigenvalue weighted by molar-refractivity contribution is 0.0579. The van der Waals surface area contributed by atoms with Gasteiger partial charge in [0.25, 0.3) is 0 Å². The van der Waals surface area contributed by atoms with Gasteiger partial charge in [0, 0.05) is 6.61 Å². The van der Waals surface area contributed by atoms with Crippen LogP contribution < -0.4 is 5.73 Å². The van der Waals surface area contributed by atoms with Crippen LogP contribution in [-0.4, -0.2) is 19.3 Å². The highest BCUT2D eigenvalue weighted by molar-refractivity contribution is 8.93. The van der Waals surface area contributed by atoms with E-state index in [9.17, 15) is 0 Å². The van der Waals surface area contributed by atoms with Gasteiger partial charge in [-0.25, -0.2) is 0 Å². The molecule has 0 rings (SSSR count). The second kappa shape index (κ2) is 19.4. The second-order valence-electron chi connectivity index (χ2n) is 5.79. The predicted octanol–water partition coefficient (Wildman–Crippen LogP) is 5.63. The quantitative estimate of drug-likeness (QED) is 0.388. The average molecular weight is 352 g/mol. The molecule has 2 N–H and O–H groups in total. The molecule has 124 valence electrons. The number of ether oxygens (including phenoxy) is 1. The zero-order valence-electron chi connectivity index (χ0n) is 13.9. The van der Waals surface area contributed by atoms with Gasteiger partial charge >= 0.3 is 0 Å². The Morgan fingerprint density at radius 2 is 1.30 bits per heavy atom. The van der Waals surface area contributed by atoms with E-state index in [4.69, 9.17) is 10.5 Å². The van der Waals surface area contributed by atoms with E-state index in [0.29, 0.717) is 6.10 Å². The first-order valence-electron chi connectivity index (χ1n) is 8.63. The summed E-state index contributed by atoms with van der Waals surface area (Å²) in [5.41, 5.74) is 5.44. The molecule has 0 aromatic rings. The molecule has 0 bridgehead atoms. The highest BCUT2D eigenvalue weighted by atomic mass is 79.9. The van der Waals surface area contributed by atoms with Crippen molar-refractivity contribution in [1.82, 2.24) is 0 Å². The fraction of sp³-hybridized carbons (Fsp3) is 1.00. The Balaban J connectivity index is 0. The van der Waals surface area contributed by atoms with Gasteiger partial charge in [-0.2, -0.15) is 0 Å². The smallest absolute Gasteiger partial charge is 0.0547 e. The second-order valence-corrected chi connectivity index (χ2v) is 5.79. The Bertz CT molecular complexity index is 167. The molecule has 2 nitrogen and oxygen atoms in total. The third-order valence-corrected chi connectivity index (χ3v) is 3.72. The van der Waals surface area contributed by atoms with E-state index in [1.54, 1.807) is 0 Å². The zero-order valence-corrected chi connectivity index (χ0v) is 15.6. The van der Waals surface area contributed by atoms with Crippen molar-refractivity contribution in [3.05, 3.63) is 0 Å². The van der Waals surface area contributed by atoms with E-state index in [2.05, 4.69) is 13.8 Å². The average Bonchev–Trinajstić information content (AvgIpc) is 2.41. The van der Waals surface area contributed by atoms with Crippen LogP contribution in [0.5, 0.6) is 0 Å². The number of unbranched alkanes of at least 4 members (excludes halogenated alkanes) is 9. The summed E-state index contributed by atoms with van der Waals surface area (Å²) < 4.78 is 5.68. The van der Waals surface area contributed by atoms with E-state index in [-0.39, 0.29) is 17.0 Å². The molecule has 0 aliphatic heterocycles. The van der Waals surface area contributed by atoms with Gasteiger partial charge in [-0.3, -0.25) is 0 Å². The normalized spacial score (nSPS) is 12.2. The molecule has 0 aliphatic carbocycles. The molecule has 20 heavy (non-hydrogen) atoms. The van der Waals surface area contributed by atoms with Gasteiger partial charge in [-0.15, -0.1) is 17.0 Å². The monoisotopic (exact) mass is 351 g/mol. The minimum Gasteiger partial charge on any atom is -0.378 e. The molecule has 0 aliphatic rings. The van der Waals surface area contributed by atoms with Gasteiger partial charge in [0.05, 0.1) is 6.10 Å². The number of rotatable bonds is 15. The van der Waals surface area contributed by atoms with Crippen LogP contribution in [0.15, 0.2) is 0 Å². The Hall–Kier alpha value is 0.400. The van der Waals surface area contributed by atoms with Crippen molar-refractivity contribution in [1.29, 1.82) is 0 Å². The molecule has 1 atom stereocenters. The third kappa shape index (κ3) is 18.4. The first kappa shape index (κ1) is 22.7. The molecule has 0 saturated heterocycles. The van der Waals surface area contributed by atoms with Crippen LogP contribution in [0.3, 0.4) is 0 Å². The number of halogens is 1. The minimum atomic E-state index is 0. The van der Waals surface area contributed by atoms with Gasteiger partial charge in [0.15, 0.2) is 0 Å². The van der Waals surface area contributed by atoms with Crippen LogP contribution >= 0.6 is 17.0 Å². The summed E-state index contributed by atoms with van der Waals surface area (Å²) in [7, 11) is 0. The van der Waals surface area contributed by atoms with Crippen molar-refractivity contribution >= 4 is 17.0 Å². The highest BCUT2D eigenvalue weighted by Crippen LogP contribution is 2.12. The molecule has 0 aromatic heterocycles. The molecule has 0 aromatic carbocycles. The maximum atomic E-state index is 5.68. The van der Waals surface area contributed by atoms with Crippen LogP contribution in [-0.2, 0) is 4.74 Å². The summed E-state index contributed by atoms with van der Waals surface area (Å²) >= 11 is 0. The summed E-state index contributed by atoms with van der Waals surface area (Å²) in [5.74, 6) is 0. The Labute approximate surface area is 138 Å². The molecule has 0 fully saturated rings. The van der Waals surface area contributed by atoms with Crippen LogP contribution in [0.1, 0.15) is 90.9 Å². The van der Waals surface area contributed by atoms with Crippen molar-refractivity contribution < 1.29 is 4.74 Å². The van der Waals surface area contributed by atoms with Crippen LogP contribution in [0.25, 0.3) is 0 Å². The minimum absolute atomic E-state index is 0. The van der Waals surface area contributed by atoms with Gasteiger partial charge in [0.1, 0.15) is 0 Å². The van der Waals surface area contributed by atoms with Crippen LogP contribution in [0.4, 0.5) is 0 Å². The molecule has 0 amide bonds. The number of nitrogens with two attached hydrogens (primary N) is 1. The third-order valence-electron chi connectivity index (χ3n) is 3.72. The summed E-state index contributed by atoms with van der Waals surface area (Å²) in [5, 5.41) is 0. The van der Waals surface area contributed by atoms with Gasteiger partial charge < -0.3 is 10.5 Å². The Kier molecular flexibility index (Phi) is 22.0. The SMILES string of the molecule is Br.CCCCCCCCCCCCC(C)OCCCN. The lowest BCUT2D eigenvalue weighted by Gasteiger charge is -2.12. The fourth-order valence-corrected chi connectivity index (χ4v) is 2.37. The van der Waals surface area contributed by atoms with Crippen LogP contribution in [0.2, 0.25) is 0 Å². The van der Waals surface area contributed by atoms with Crippen molar-refractivity contribution in [3.63, 3.8) is 0 Å². The molecular weight excluding hydrogens is 314 g/mol. The summed E-state index contributed by atoms with van der Waals surface area (Å²) in [4.78, 5) is 0. The summed E-state index contributed by atoms with van der Waals surface area (Å²) in [6.45, 7) is 6.03. The molecule has 3 heteroatoms. The summed E-state index contributed by atoms with van der Waals surface area (Å²) in [6, 6.07) is 0. The standard InChI is InChI=1S/C17H37NO.BrH/c1-3-4-5-6-7-8-9-10-11-12-14-17(2)19-16-13-15-18;/h17H,3-16,18H2,1-2H3;1H. The van der Waals surface area contributed by atoms with E-state index < -0.39 is 0 Å². The lowest BCUT2D eigenvalue weighted by atomic mass is 10.0. The van der Waals surface area contributed by atoms with E-state index >= 15 is 0 Å². The Morgan fingerprint density at radius 1 is 0.800 bits per heavy atom. The van der Waals surface area contributed by atoms with E-state index in [1.807, 2.05) is 0 Å². The lowest BCUT2D eigenvalue weighted by Crippen LogP contribution is -2.12. The molecule has 0 saturated carbocycles. The van der Waals surface area contributed by atoms with Crippen molar-refractivity contribution in [2.24, 2.45) is 5.73 Å². The van der Waals surface area contributed by atoms with E-state index in [1.165, 1.54) is 70.6 Å². The topological polar surface area (TPSA) is 35.2 Å². The van der Waals surface area contributed by atoms with E-state index in [0.717, 1.165) is 19.6 Å². The van der Waals surface area contributed by atoms with Gasteiger partial charge in [-0.05, 0) is 26.3 Å². The summed E-state index contributed by atoms with van der Waals surface area (Å²) in [6.07, 6.45) is 16.7. The maximum Gasteiger partial charge on any atom is 0.0547 e. The molecule has 0 heterocycles. The number of hydrogen-bond donors (Lipinski definition) is 1. The molecule has 1 unspecified atom stereocenters. The highest BCUT2D eigenvalue weighted by Gasteiger charge is 2.01. The van der Waals surface area contributed by atoms with Gasteiger partial charge in [0.2, 0.25) is 0 Å². The predicted molar refractivity (Wildman–Crippen MR) is 95.9 cm³/mol. The van der Waals surface area contributed by atoms with Crippen molar-refractivity contribution in [2.75, 3.05) is 13.2 Å². The van der Waals surface area contributed by atoms with Gasteiger partial charge in [-0.1, -0.05) is 71.1 Å². The van der Waals surface area contributed by atoms with Crippen molar-refractivity contribution in [3.8, 4) is 0 Å². The van der Waals surface area contributed by atoms with Crippen molar-refractivity contribution in [2.45, 2.75) is 97.0 Å². The Morgan fingerprint density at radius 3 is 1.80 bits per heavy atom. The largest absolute Gasteiger partial charge is 0.378 e. The zero-order chi connectivity index (χ0) is 14.2. The number of hydrogen-bond acceptors (Lipinski definition) is 2. The molecule has 0 radical (unpaired) electrons.